The van der Waals surface area contributed by atoms with Gasteiger partial charge in [0.2, 0.25) is 0 Å². The van der Waals surface area contributed by atoms with E-state index in [1.807, 2.05) is 18.2 Å². The average molecular weight is 312 g/mol. The van der Waals surface area contributed by atoms with Crippen LogP contribution < -0.4 is 4.90 Å². The van der Waals surface area contributed by atoms with Crippen LogP contribution in [-0.2, 0) is 14.3 Å². The SMILES string of the molecule is C[C@]1(O)C(=O)N(c2cncc(C3OC=CO3)c2)C2=CC=CCC21. The Morgan fingerprint density at radius 1 is 1.35 bits per heavy atom. The van der Waals surface area contributed by atoms with Gasteiger partial charge in [-0.3, -0.25) is 14.7 Å². The predicted octanol–water partition coefficient (Wildman–Crippen LogP) is 2.16. The van der Waals surface area contributed by atoms with Crippen LogP contribution in [0.1, 0.15) is 25.2 Å². The van der Waals surface area contributed by atoms with Crippen molar-refractivity contribution in [3.63, 3.8) is 0 Å². The molecule has 1 N–H and O–H groups in total. The van der Waals surface area contributed by atoms with Crippen LogP contribution in [0.5, 0.6) is 0 Å². The fourth-order valence-corrected chi connectivity index (χ4v) is 3.22. The number of pyridine rings is 1. The molecule has 1 saturated heterocycles. The van der Waals surface area contributed by atoms with Gasteiger partial charge in [-0.2, -0.15) is 0 Å². The lowest BCUT2D eigenvalue weighted by Gasteiger charge is -2.22. The zero-order valence-electron chi connectivity index (χ0n) is 12.5. The molecule has 1 unspecified atom stereocenters. The molecule has 23 heavy (non-hydrogen) atoms. The topological polar surface area (TPSA) is 71.9 Å². The minimum atomic E-state index is -1.42. The van der Waals surface area contributed by atoms with Crippen LogP contribution in [0.15, 0.2) is 54.9 Å². The molecular formula is C17H16N2O4. The molecule has 1 aromatic heterocycles. The van der Waals surface area contributed by atoms with Crippen LogP contribution in [-0.4, -0.2) is 21.6 Å². The third kappa shape index (κ3) is 2.06. The Morgan fingerprint density at radius 2 is 2.13 bits per heavy atom. The van der Waals surface area contributed by atoms with Gasteiger partial charge in [0.05, 0.1) is 17.4 Å². The number of amides is 1. The summed E-state index contributed by atoms with van der Waals surface area (Å²) in [6.07, 6.45) is 12.0. The molecule has 0 spiro atoms. The van der Waals surface area contributed by atoms with E-state index in [1.54, 1.807) is 25.4 Å². The summed E-state index contributed by atoms with van der Waals surface area (Å²) in [6.45, 7) is 1.57. The van der Waals surface area contributed by atoms with E-state index in [2.05, 4.69) is 4.98 Å². The number of carbonyl (C=O) groups excluding carboxylic acids is 1. The highest BCUT2D eigenvalue weighted by molar-refractivity contribution is 6.05. The molecule has 0 radical (unpaired) electrons. The van der Waals surface area contributed by atoms with Crippen LogP contribution in [0.4, 0.5) is 5.69 Å². The Balaban J connectivity index is 1.74. The quantitative estimate of drug-likeness (QED) is 0.906. The van der Waals surface area contributed by atoms with E-state index >= 15 is 0 Å². The second-order valence-electron chi connectivity index (χ2n) is 5.95. The molecule has 2 aliphatic heterocycles. The Hall–Kier alpha value is -2.60. The summed E-state index contributed by atoms with van der Waals surface area (Å²) in [6, 6.07) is 1.79. The minimum Gasteiger partial charge on any atom is -0.455 e. The highest BCUT2D eigenvalue weighted by Gasteiger charge is 2.53. The number of aliphatic hydroxyl groups is 1. The van der Waals surface area contributed by atoms with Crippen molar-refractivity contribution in [3.05, 3.63) is 60.5 Å². The average Bonchev–Trinajstić information content (AvgIpc) is 3.16. The van der Waals surface area contributed by atoms with Gasteiger partial charge in [-0.15, -0.1) is 0 Å². The molecule has 3 heterocycles. The molecule has 1 amide bonds. The van der Waals surface area contributed by atoms with Gasteiger partial charge in [0.15, 0.2) is 0 Å². The van der Waals surface area contributed by atoms with Gasteiger partial charge < -0.3 is 14.6 Å². The first-order valence-corrected chi connectivity index (χ1v) is 7.43. The number of hydrogen-bond acceptors (Lipinski definition) is 5. The molecule has 0 aromatic carbocycles. The number of ether oxygens (including phenoxy) is 2. The number of allylic oxidation sites excluding steroid dienone is 3. The Kier molecular flexibility index (Phi) is 3.02. The zero-order chi connectivity index (χ0) is 16.0. The van der Waals surface area contributed by atoms with Gasteiger partial charge >= 0.3 is 0 Å². The first-order chi connectivity index (χ1) is 11.1. The smallest absolute Gasteiger partial charge is 0.267 e. The number of nitrogens with zero attached hydrogens (tertiary/aromatic N) is 2. The van der Waals surface area contributed by atoms with Crippen molar-refractivity contribution >= 4 is 11.6 Å². The molecule has 1 aromatic rings. The Morgan fingerprint density at radius 3 is 2.91 bits per heavy atom. The van der Waals surface area contributed by atoms with Gasteiger partial charge in [-0.25, -0.2) is 0 Å². The van der Waals surface area contributed by atoms with Crippen molar-refractivity contribution in [2.75, 3.05) is 4.90 Å². The summed E-state index contributed by atoms with van der Waals surface area (Å²) in [5.41, 5.74) is 0.660. The van der Waals surface area contributed by atoms with E-state index in [0.717, 1.165) is 5.70 Å². The molecule has 118 valence electrons. The fraction of sp³-hybridized carbons (Fsp3) is 0.294. The number of carbonyl (C=O) groups is 1. The third-order valence-corrected chi connectivity index (χ3v) is 4.44. The maximum absolute atomic E-state index is 12.7. The van der Waals surface area contributed by atoms with Crippen LogP contribution in [0, 0.1) is 5.92 Å². The number of anilines is 1. The van der Waals surface area contributed by atoms with Crippen molar-refractivity contribution in [2.24, 2.45) is 5.92 Å². The summed E-state index contributed by atoms with van der Waals surface area (Å²) in [4.78, 5) is 18.5. The zero-order valence-corrected chi connectivity index (χ0v) is 12.5. The normalized spacial score (nSPS) is 29.3. The van der Waals surface area contributed by atoms with Crippen LogP contribution in [0.25, 0.3) is 0 Å². The van der Waals surface area contributed by atoms with Gasteiger partial charge in [0.1, 0.15) is 18.1 Å². The van der Waals surface area contributed by atoms with E-state index in [0.29, 0.717) is 17.7 Å². The van der Waals surface area contributed by atoms with Gasteiger partial charge in [0, 0.05) is 17.8 Å². The minimum absolute atomic E-state index is 0.246. The van der Waals surface area contributed by atoms with Gasteiger partial charge in [-0.05, 0) is 25.5 Å². The van der Waals surface area contributed by atoms with E-state index in [4.69, 9.17) is 9.47 Å². The Labute approximate surface area is 133 Å². The second-order valence-corrected chi connectivity index (χ2v) is 5.95. The summed E-state index contributed by atoms with van der Waals surface area (Å²) in [5, 5.41) is 10.6. The summed E-state index contributed by atoms with van der Waals surface area (Å²) in [7, 11) is 0. The first kappa shape index (κ1) is 14.0. The maximum Gasteiger partial charge on any atom is 0.267 e. The second kappa shape index (κ2) is 4.96. The van der Waals surface area contributed by atoms with E-state index in [-0.39, 0.29) is 11.8 Å². The third-order valence-electron chi connectivity index (χ3n) is 4.44. The number of rotatable bonds is 2. The van der Waals surface area contributed by atoms with Gasteiger partial charge in [-0.1, -0.05) is 12.2 Å². The number of hydrogen-bond donors (Lipinski definition) is 1. The molecule has 1 fully saturated rings. The van der Waals surface area contributed by atoms with Crippen LogP contribution in [0.2, 0.25) is 0 Å². The molecule has 4 rings (SSSR count). The molecule has 0 saturated carbocycles. The van der Waals surface area contributed by atoms with Crippen molar-refractivity contribution in [2.45, 2.75) is 25.2 Å². The summed E-state index contributed by atoms with van der Waals surface area (Å²) < 4.78 is 10.6. The summed E-state index contributed by atoms with van der Waals surface area (Å²) in [5.74, 6) is -0.591. The van der Waals surface area contributed by atoms with Crippen LogP contribution >= 0.6 is 0 Å². The molecule has 6 heteroatoms. The first-order valence-electron chi connectivity index (χ1n) is 7.43. The van der Waals surface area contributed by atoms with E-state index < -0.39 is 11.9 Å². The highest BCUT2D eigenvalue weighted by atomic mass is 16.7. The lowest BCUT2D eigenvalue weighted by Crippen LogP contribution is -2.40. The maximum atomic E-state index is 12.7. The largest absolute Gasteiger partial charge is 0.455 e. The molecular weight excluding hydrogens is 296 g/mol. The molecule has 2 atom stereocenters. The molecule has 6 nitrogen and oxygen atoms in total. The molecule has 1 aliphatic carbocycles. The lowest BCUT2D eigenvalue weighted by molar-refractivity contribution is -0.134. The predicted molar refractivity (Wildman–Crippen MR) is 81.7 cm³/mol. The highest BCUT2D eigenvalue weighted by Crippen LogP contribution is 2.44. The standard InChI is InChI=1S/C17H16N2O4/c1-17(21)13-4-2-3-5-14(13)19(16(17)20)12-8-11(9-18-10-12)15-22-6-7-23-15/h2-3,5-10,13,15,21H,4H2,1H3/t13?,17-/m1/s1. The number of aromatic nitrogens is 1. The lowest BCUT2D eigenvalue weighted by atomic mass is 9.85. The van der Waals surface area contributed by atoms with E-state index in [1.165, 1.54) is 17.4 Å². The molecule has 3 aliphatic rings. The summed E-state index contributed by atoms with van der Waals surface area (Å²) >= 11 is 0. The molecule has 0 bridgehead atoms. The van der Waals surface area contributed by atoms with Crippen molar-refractivity contribution in [1.29, 1.82) is 0 Å². The number of fused-ring (bicyclic) bond motifs is 1. The monoisotopic (exact) mass is 312 g/mol. The van der Waals surface area contributed by atoms with Crippen molar-refractivity contribution < 1.29 is 19.4 Å². The van der Waals surface area contributed by atoms with Crippen LogP contribution in [0.3, 0.4) is 0 Å². The Bertz CT molecular complexity index is 743. The van der Waals surface area contributed by atoms with E-state index in [9.17, 15) is 9.90 Å². The van der Waals surface area contributed by atoms with Crippen molar-refractivity contribution in [1.82, 2.24) is 4.98 Å². The van der Waals surface area contributed by atoms with Gasteiger partial charge in [0.25, 0.3) is 12.2 Å². The fourth-order valence-electron chi connectivity index (χ4n) is 3.22. The van der Waals surface area contributed by atoms with Crippen molar-refractivity contribution in [3.8, 4) is 0 Å².